The number of halogens is 3. The van der Waals surface area contributed by atoms with E-state index in [0.29, 0.717) is 11.1 Å². The summed E-state index contributed by atoms with van der Waals surface area (Å²) in [5.74, 6) is -0.189. The minimum absolute atomic E-state index is 0. The molecule has 1 amide bonds. The molecule has 0 radical (unpaired) electrons. The van der Waals surface area contributed by atoms with Crippen molar-refractivity contribution in [1.29, 1.82) is 0 Å². The highest BCUT2D eigenvalue weighted by Gasteiger charge is 2.33. The Bertz CT molecular complexity index is 758. The van der Waals surface area contributed by atoms with Crippen LogP contribution < -0.4 is 15.2 Å². The van der Waals surface area contributed by atoms with Crippen molar-refractivity contribution in [3.8, 4) is 11.5 Å². The molecule has 2 aromatic carbocycles. The van der Waals surface area contributed by atoms with Gasteiger partial charge in [-0.15, -0.1) is 12.4 Å². The van der Waals surface area contributed by atoms with Crippen LogP contribution in [0.1, 0.15) is 18.1 Å². The van der Waals surface area contributed by atoms with E-state index in [1.807, 2.05) is 18.2 Å². The first-order valence-electron chi connectivity index (χ1n) is 7.97. The van der Waals surface area contributed by atoms with Gasteiger partial charge in [-0.05, 0) is 30.2 Å². The normalized spacial score (nSPS) is 12.7. The predicted octanol–water partition coefficient (Wildman–Crippen LogP) is 3.55. The van der Waals surface area contributed by atoms with E-state index in [9.17, 15) is 13.6 Å². The van der Waals surface area contributed by atoms with Gasteiger partial charge >= 0.3 is 6.61 Å². The number of ether oxygens (including phenoxy) is 2. The van der Waals surface area contributed by atoms with Crippen molar-refractivity contribution in [3.05, 3.63) is 59.7 Å². The number of hydrogen-bond acceptors (Lipinski definition) is 4. The maximum Gasteiger partial charge on any atom is 0.387 e. The molecule has 0 aliphatic carbocycles. The van der Waals surface area contributed by atoms with Gasteiger partial charge < -0.3 is 20.1 Å². The first kappa shape index (κ1) is 22.7. The molecule has 1 unspecified atom stereocenters. The zero-order chi connectivity index (χ0) is 19.3. The highest BCUT2D eigenvalue weighted by atomic mass is 35.5. The molecular formula is C19H23ClF2N2O3. The molecule has 0 aliphatic rings. The Morgan fingerprint density at radius 1 is 1.19 bits per heavy atom. The molecule has 2 rings (SSSR count). The minimum Gasteiger partial charge on any atom is -0.493 e. The Hall–Kier alpha value is -2.38. The van der Waals surface area contributed by atoms with E-state index >= 15 is 0 Å². The number of carbonyl (C=O) groups excluding carboxylic acids is 1. The first-order chi connectivity index (χ1) is 12.3. The second-order valence-electron chi connectivity index (χ2n) is 6.09. The summed E-state index contributed by atoms with van der Waals surface area (Å²) in [6.07, 6.45) is 0. The van der Waals surface area contributed by atoms with Crippen molar-refractivity contribution in [3.63, 3.8) is 0 Å². The summed E-state index contributed by atoms with van der Waals surface area (Å²) >= 11 is 0. The molecule has 5 nitrogen and oxygen atoms in total. The van der Waals surface area contributed by atoms with Crippen LogP contribution in [-0.4, -0.2) is 31.6 Å². The van der Waals surface area contributed by atoms with Crippen LogP contribution in [0.5, 0.6) is 11.5 Å². The van der Waals surface area contributed by atoms with E-state index < -0.39 is 12.2 Å². The maximum atomic E-state index is 12.8. The summed E-state index contributed by atoms with van der Waals surface area (Å²) in [5.41, 5.74) is 6.34. The van der Waals surface area contributed by atoms with Crippen molar-refractivity contribution in [2.45, 2.75) is 25.6 Å². The van der Waals surface area contributed by atoms with E-state index in [0.717, 1.165) is 0 Å². The van der Waals surface area contributed by atoms with Crippen molar-refractivity contribution in [2.24, 2.45) is 5.73 Å². The minimum atomic E-state index is -2.97. The molecule has 27 heavy (non-hydrogen) atoms. The van der Waals surface area contributed by atoms with Crippen LogP contribution >= 0.6 is 12.4 Å². The molecule has 0 spiro atoms. The molecule has 0 heterocycles. The number of alkyl halides is 2. The van der Waals surface area contributed by atoms with Crippen molar-refractivity contribution in [2.75, 3.05) is 14.2 Å². The van der Waals surface area contributed by atoms with Crippen LogP contribution in [0.3, 0.4) is 0 Å². The number of rotatable bonds is 7. The lowest BCUT2D eigenvalue weighted by Gasteiger charge is -2.30. The summed E-state index contributed by atoms with van der Waals surface area (Å²) in [5, 5.41) is 0. The number of methoxy groups -OCH3 is 1. The number of nitrogens with zero attached hydrogens (tertiary/aromatic N) is 1. The monoisotopic (exact) mass is 400 g/mol. The zero-order valence-electron chi connectivity index (χ0n) is 15.3. The number of amides is 1. The SMILES string of the molecule is COc1ccc(CN(C)C(=O)C(C)(N)c2ccccc2)cc1OC(F)F.Cl. The van der Waals surface area contributed by atoms with Crippen LogP contribution in [0.25, 0.3) is 0 Å². The van der Waals surface area contributed by atoms with Gasteiger partial charge in [0.2, 0.25) is 5.91 Å². The summed E-state index contributed by atoms with van der Waals surface area (Å²) in [6, 6.07) is 13.7. The molecule has 2 aromatic rings. The summed E-state index contributed by atoms with van der Waals surface area (Å²) in [7, 11) is 2.97. The van der Waals surface area contributed by atoms with Crippen molar-refractivity contribution >= 4 is 18.3 Å². The Morgan fingerprint density at radius 2 is 1.81 bits per heavy atom. The third kappa shape index (κ3) is 5.55. The van der Waals surface area contributed by atoms with E-state index in [2.05, 4.69) is 4.74 Å². The van der Waals surface area contributed by atoms with Gasteiger partial charge in [0, 0.05) is 13.6 Å². The Morgan fingerprint density at radius 3 is 2.37 bits per heavy atom. The largest absolute Gasteiger partial charge is 0.493 e. The van der Waals surface area contributed by atoms with Crippen molar-refractivity contribution < 1.29 is 23.0 Å². The van der Waals surface area contributed by atoms with Gasteiger partial charge in [-0.2, -0.15) is 8.78 Å². The Labute approximate surface area is 163 Å². The van der Waals surface area contributed by atoms with E-state index in [1.54, 1.807) is 32.2 Å². The molecule has 148 valence electrons. The van der Waals surface area contributed by atoms with Gasteiger partial charge in [-0.25, -0.2) is 0 Å². The van der Waals surface area contributed by atoms with E-state index in [-0.39, 0.29) is 36.4 Å². The molecule has 0 fully saturated rings. The molecule has 8 heteroatoms. The second-order valence-corrected chi connectivity index (χ2v) is 6.09. The summed E-state index contributed by atoms with van der Waals surface area (Å²) in [6.45, 7) is -1.15. The fraction of sp³-hybridized carbons (Fsp3) is 0.316. The number of benzene rings is 2. The van der Waals surface area contributed by atoms with Crippen LogP contribution in [0.4, 0.5) is 8.78 Å². The standard InChI is InChI=1S/C19H22F2N2O3.ClH/c1-19(22,14-7-5-4-6-8-14)17(24)23(2)12-13-9-10-15(25-3)16(11-13)26-18(20)21;/h4-11,18H,12,22H2,1-3H3;1H. The van der Waals surface area contributed by atoms with Gasteiger partial charge in [-0.3, -0.25) is 4.79 Å². The first-order valence-corrected chi connectivity index (χ1v) is 7.97. The van der Waals surface area contributed by atoms with Crippen molar-refractivity contribution in [1.82, 2.24) is 4.90 Å². The molecule has 0 aliphatic heterocycles. The smallest absolute Gasteiger partial charge is 0.387 e. The average Bonchev–Trinajstić information content (AvgIpc) is 2.61. The second kappa shape index (κ2) is 9.53. The maximum absolute atomic E-state index is 12.8. The Kier molecular flexibility index (Phi) is 7.99. The lowest BCUT2D eigenvalue weighted by Crippen LogP contribution is -2.49. The van der Waals surface area contributed by atoms with E-state index in [4.69, 9.17) is 10.5 Å². The number of nitrogens with two attached hydrogens (primary N) is 1. The zero-order valence-corrected chi connectivity index (χ0v) is 16.1. The predicted molar refractivity (Wildman–Crippen MR) is 101 cm³/mol. The van der Waals surface area contributed by atoms with Crippen LogP contribution in [0.2, 0.25) is 0 Å². The number of hydrogen-bond donors (Lipinski definition) is 1. The highest BCUT2D eigenvalue weighted by Crippen LogP contribution is 2.30. The average molecular weight is 401 g/mol. The van der Waals surface area contributed by atoms with E-state index in [1.165, 1.54) is 24.1 Å². The topological polar surface area (TPSA) is 64.8 Å². The molecule has 1 atom stereocenters. The fourth-order valence-electron chi connectivity index (χ4n) is 2.66. The molecule has 0 bridgehead atoms. The summed E-state index contributed by atoms with van der Waals surface area (Å²) in [4.78, 5) is 14.2. The number of likely N-dealkylation sites (N-methyl/N-ethyl adjacent to an activating group) is 1. The Balaban J connectivity index is 0.00000364. The van der Waals surface area contributed by atoms with Crippen LogP contribution in [-0.2, 0) is 16.9 Å². The fourth-order valence-corrected chi connectivity index (χ4v) is 2.66. The van der Waals surface area contributed by atoms with Crippen LogP contribution in [0.15, 0.2) is 48.5 Å². The molecule has 0 saturated carbocycles. The lowest BCUT2D eigenvalue weighted by molar-refractivity contribution is -0.136. The van der Waals surface area contributed by atoms with Gasteiger partial charge in [0.25, 0.3) is 0 Å². The lowest BCUT2D eigenvalue weighted by atomic mass is 9.91. The summed E-state index contributed by atoms with van der Waals surface area (Å²) < 4.78 is 34.6. The third-order valence-electron chi connectivity index (χ3n) is 4.03. The number of carbonyl (C=O) groups is 1. The van der Waals surface area contributed by atoms with Gasteiger partial charge in [0.05, 0.1) is 7.11 Å². The quantitative estimate of drug-likeness (QED) is 0.772. The third-order valence-corrected chi connectivity index (χ3v) is 4.03. The molecular weight excluding hydrogens is 378 g/mol. The molecule has 0 saturated heterocycles. The van der Waals surface area contributed by atoms with Gasteiger partial charge in [-0.1, -0.05) is 36.4 Å². The van der Waals surface area contributed by atoms with Crippen LogP contribution in [0, 0.1) is 0 Å². The molecule has 0 aromatic heterocycles. The highest BCUT2D eigenvalue weighted by molar-refractivity contribution is 5.87. The molecule has 2 N–H and O–H groups in total. The van der Waals surface area contributed by atoms with Gasteiger partial charge in [0.15, 0.2) is 11.5 Å². The van der Waals surface area contributed by atoms with Gasteiger partial charge in [0.1, 0.15) is 5.54 Å².